The molecule has 0 aliphatic carbocycles. The van der Waals surface area contributed by atoms with E-state index >= 15 is 0 Å². The molecule has 2 unspecified atom stereocenters. The number of nitrogens with zero attached hydrogens (tertiary/aromatic N) is 2. The van der Waals surface area contributed by atoms with Gasteiger partial charge in [0, 0.05) is 12.3 Å². The third-order valence-corrected chi connectivity index (χ3v) is 4.58. The number of hydrogen-bond acceptors (Lipinski definition) is 3. The molecule has 0 radical (unpaired) electrons. The first-order chi connectivity index (χ1) is 12.3. The molecule has 0 saturated carbocycles. The molecule has 3 aromatic rings. The van der Waals surface area contributed by atoms with E-state index in [0.29, 0.717) is 12.4 Å². The minimum Gasteiger partial charge on any atom is -0.817 e. The lowest BCUT2D eigenvalue weighted by Gasteiger charge is -2.40. The van der Waals surface area contributed by atoms with Crippen LogP contribution >= 0.6 is 0 Å². The largest absolute Gasteiger partial charge is 0.817 e. The Kier molecular flexibility index (Phi) is 4.04. The first-order valence-electron chi connectivity index (χ1n) is 8.32. The highest BCUT2D eigenvalue weighted by atomic mass is 16.3. The van der Waals surface area contributed by atoms with E-state index in [1.54, 1.807) is 15.7 Å². The van der Waals surface area contributed by atoms with Crippen LogP contribution in [0.25, 0.3) is 0 Å². The van der Waals surface area contributed by atoms with E-state index in [9.17, 15) is 9.90 Å². The normalized spacial score (nSPS) is 19.6. The Morgan fingerprint density at radius 1 is 0.880 bits per heavy atom. The average Bonchev–Trinajstić information content (AvgIpc) is 2.67. The fourth-order valence-electron chi connectivity index (χ4n) is 3.36. The van der Waals surface area contributed by atoms with Gasteiger partial charge in [0.25, 0.3) is 5.82 Å². The number of carbonyl (C=O) groups is 1. The molecule has 2 atom stereocenters. The number of hydrogen-bond donors (Lipinski definition) is 0. The zero-order valence-corrected chi connectivity index (χ0v) is 13.7. The number of anilines is 1. The molecule has 0 spiro atoms. The molecule has 0 amide bonds. The zero-order chi connectivity index (χ0) is 17.2. The first kappa shape index (κ1) is 15.5. The van der Waals surface area contributed by atoms with E-state index < -0.39 is 12.1 Å². The molecule has 124 valence electrons. The lowest BCUT2D eigenvalue weighted by Crippen LogP contribution is -2.65. The SMILES string of the molecule is O=C1C(c2ccccc2)C([O-])N(Cc2ccccc2)c2cccc[n+]21. The number of carbonyl (C=O) groups excluding carboxylic acids is 1. The topological polar surface area (TPSA) is 47.2 Å². The summed E-state index contributed by atoms with van der Waals surface area (Å²) in [5, 5.41) is 13.3. The minimum atomic E-state index is -1.17. The van der Waals surface area contributed by atoms with Crippen LogP contribution in [0.5, 0.6) is 0 Å². The number of fused-ring (bicyclic) bond motifs is 1. The van der Waals surface area contributed by atoms with Crippen LogP contribution in [0.4, 0.5) is 5.82 Å². The van der Waals surface area contributed by atoms with Gasteiger partial charge in [0.2, 0.25) is 0 Å². The smallest absolute Gasteiger partial charge is 0.324 e. The maximum absolute atomic E-state index is 13.3. The van der Waals surface area contributed by atoms with Gasteiger partial charge in [0.15, 0.2) is 0 Å². The maximum Gasteiger partial charge on any atom is 0.324 e. The van der Waals surface area contributed by atoms with Crippen molar-refractivity contribution in [1.82, 2.24) is 0 Å². The van der Waals surface area contributed by atoms with Crippen LogP contribution in [0, 0.1) is 0 Å². The summed E-state index contributed by atoms with van der Waals surface area (Å²) >= 11 is 0. The summed E-state index contributed by atoms with van der Waals surface area (Å²) in [5.41, 5.74) is 1.80. The highest BCUT2D eigenvalue weighted by molar-refractivity contribution is 5.80. The third kappa shape index (κ3) is 2.81. The molecule has 0 bridgehead atoms. The predicted molar refractivity (Wildman–Crippen MR) is 92.9 cm³/mol. The van der Waals surface area contributed by atoms with Crippen LogP contribution in [0.2, 0.25) is 0 Å². The highest BCUT2D eigenvalue weighted by Gasteiger charge is 2.41. The Morgan fingerprint density at radius 3 is 2.24 bits per heavy atom. The van der Waals surface area contributed by atoms with Gasteiger partial charge in [-0.05, 0) is 17.2 Å². The number of rotatable bonds is 3. The van der Waals surface area contributed by atoms with Crippen molar-refractivity contribution in [1.29, 1.82) is 0 Å². The van der Waals surface area contributed by atoms with Gasteiger partial charge in [-0.2, -0.15) is 4.57 Å². The van der Waals surface area contributed by atoms with Crippen molar-refractivity contribution in [3.63, 3.8) is 0 Å². The molecule has 1 aliphatic heterocycles. The van der Waals surface area contributed by atoms with E-state index in [1.165, 1.54) is 0 Å². The number of benzene rings is 2. The van der Waals surface area contributed by atoms with Gasteiger partial charge in [-0.1, -0.05) is 66.7 Å². The molecule has 0 N–H and O–H groups in total. The third-order valence-electron chi connectivity index (χ3n) is 4.58. The second kappa shape index (κ2) is 6.49. The van der Waals surface area contributed by atoms with E-state index in [-0.39, 0.29) is 5.91 Å². The van der Waals surface area contributed by atoms with Crippen LogP contribution in [0.15, 0.2) is 85.1 Å². The van der Waals surface area contributed by atoms with Gasteiger partial charge in [-0.15, -0.1) is 0 Å². The maximum atomic E-state index is 13.3. The molecule has 0 fully saturated rings. The quantitative estimate of drug-likeness (QED) is 0.691. The Bertz CT molecular complexity index is 881. The molecular formula is C21H18N2O2. The van der Waals surface area contributed by atoms with Crippen molar-refractivity contribution < 1.29 is 14.5 Å². The zero-order valence-electron chi connectivity index (χ0n) is 13.7. The average molecular weight is 330 g/mol. The van der Waals surface area contributed by atoms with Crippen molar-refractivity contribution in [2.75, 3.05) is 4.90 Å². The summed E-state index contributed by atoms with van der Waals surface area (Å²) in [4.78, 5) is 14.7. The fraction of sp³-hybridized carbons (Fsp3) is 0.143. The van der Waals surface area contributed by atoms with E-state index in [2.05, 4.69) is 0 Å². The Labute approximate surface area is 146 Å². The molecule has 0 saturated heterocycles. The second-order valence-corrected chi connectivity index (χ2v) is 6.16. The Morgan fingerprint density at radius 2 is 1.52 bits per heavy atom. The number of pyridine rings is 1. The molecule has 2 heterocycles. The molecule has 2 aromatic carbocycles. The number of aromatic nitrogens is 1. The standard InChI is InChI=1S/C21H18N2O2/c24-20-19(17-11-5-2-6-12-17)21(25)23(15-16-9-3-1-4-10-16)18-13-7-8-14-22(18)20/h1-14,19,21H,15H2. The van der Waals surface area contributed by atoms with Gasteiger partial charge >= 0.3 is 5.91 Å². The summed E-state index contributed by atoms with van der Waals surface area (Å²) in [6.07, 6.45) is 0.565. The lowest BCUT2D eigenvalue weighted by molar-refractivity contribution is -0.578. The predicted octanol–water partition coefficient (Wildman–Crippen LogP) is 2.10. The van der Waals surface area contributed by atoms with Gasteiger partial charge < -0.3 is 5.11 Å². The summed E-state index contributed by atoms with van der Waals surface area (Å²) in [7, 11) is 0. The van der Waals surface area contributed by atoms with Crippen molar-refractivity contribution in [3.05, 3.63) is 96.2 Å². The van der Waals surface area contributed by atoms with Gasteiger partial charge in [-0.3, -0.25) is 4.90 Å². The van der Waals surface area contributed by atoms with Crippen LogP contribution < -0.4 is 14.6 Å². The van der Waals surface area contributed by atoms with Crippen LogP contribution in [0.3, 0.4) is 0 Å². The minimum absolute atomic E-state index is 0.175. The van der Waals surface area contributed by atoms with E-state index in [4.69, 9.17) is 0 Å². The summed E-state index contributed by atoms with van der Waals surface area (Å²) < 4.78 is 1.59. The van der Waals surface area contributed by atoms with Gasteiger partial charge in [0.1, 0.15) is 12.5 Å². The second-order valence-electron chi connectivity index (χ2n) is 6.16. The Balaban J connectivity index is 1.79. The van der Waals surface area contributed by atoms with Crippen molar-refractivity contribution in [3.8, 4) is 0 Å². The molecule has 1 aliphatic rings. The molecule has 25 heavy (non-hydrogen) atoms. The first-order valence-corrected chi connectivity index (χ1v) is 8.32. The van der Waals surface area contributed by atoms with E-state index in [1.807, 2.05) is 78.9 Å². The van der Waals surface area contributed by atoms with Crippen LogP contribution in [-0.4, -0.2) is 12.1 Å². The fourth-order valence-corrected chi connectivity index (χ4v) is 3.36. The summed E-state index contributed by atoms with van der Waals surface area (Å²) in [5.74, 6) is -0.264. The van der Waals surface area contributed by atoms with Crippen molar-refractivity contribution >= 4 is 11.7 Å². The van der Waals surface area contributed by atoms with Crippen molar-refractivity contribution in [2.45, 2.75) is 18.7 Å². The molecule has 4 heteroatoms. The van der Waals surface area contributed by atoms with Crippen molar-refractivity contribution in [2.24, 2.45) is 0 Å². The monoisotopic (exact) mass is 330 g/mol. The molecule has 1 aromatic heterocycles. The summed E-state index contributed by atoms with van der Waals surface area (Å²) in [6, 6.07) is 24.7. The Hall–Kier alpha value is -2.98. The molecular weight excluding hydrogens is 312 g/mol. The van der Waals surface area contributed by atoms with E-state index in [0.717, 1.165) is 11.1 Å². The summed E-state index contributed by atoms with van der Waals surface area (Å²) in [6.45, 7) is 0.468. The van der Waals surface area contributed by atoms with Gasteiger partial charge in [0.05, 0.1) is 6.20 Å². The van der Waals surface area contributed by atoms with Crippen LogP contribution in [0.1, 0.15) is 21.8 Å². The highest BCUT2D eigenvalue weighted by Crippen LogP contribution is 2.29. The lowest BCUT2D eigenvalue weighted by atomic mass is 9.93. The van der Waals surface area contributed by atoms with Gasteiger partial charge in [-0.25, -0.2) is 4.79 Å². The molecule has 4 nitrogen and oxygen atoms in total. The molecule has 4 rings (SSSR count). The van der Waals surface area contributed by atoms with Crippen LogP contribution in [-0.2, 0) is 6.54 Å².